The molecule has 1 heterocycles. The van der Waals surface area contributed by atoms with E-state index in [0.717, 1.165) is 0 Å². The average Bonchev–Trinajstić information content (AvgIpc) is 2.92. The summed E-state index contributed by atoms with van der Waals surface area (Å²) < 4.78 is 21.0. The molecule has 0 aliphatic carbocycles. The zero-order chi connectivity index (χ0) is 13.7. The van der Waals surface area contributed by atoms with Gasteiger partial charge in [-0.05, 0) is 0 Å². The summed E-state index contributed by atoms with van der Waals surface area (Å²) in [6.45, 7) is 0.153. The number of hydrogen-bond acceptors (Lipinski definition) is 6. The minimum Gasteiger partial charge on any atom is -0.496 e. The summed E-state index contributed by atoms with van der Waals surface area (Å²) in [5.41, 5.74) is 0. The minimum atomic E-state index is 0.153. The predicted octanol–water partition coefficient (Wildman–Crippen LogP) is 2.40. The summed E-state index contributed by atoms with van der Waals surface area (Å²) in [6, 6.07) is 5.23. The average molecular weight is 285 g/mol. The molecule has 19 heavy (non-hydrogen) atoms. The van der Waals surface area contributed by atoms with Crippen LogP contribution in [0.1, 0.15) is 11.8 Å². The van der Waals surface area contributed by atoms with Crippen molar-refractivity contribution >= 4 is 11.6 Å². The lowest BCUT2D eigenvalue weighted by Crippen LogP contribution is -1.97. The molecule has 0 unspecified atom stereocenters. The summed E-state index contributed by atoms with van der Waals surface area (Å²) in [5, 5.41) is 7.54. The van der Waals surface area contributed by atoms with E-state index in [1.54, 1.807) is 32.4 Å². The summed E-state index contributed by atoms with van der Waals surface area (Å²) in [5.74, 6) is 2.77. The van der Waals surface area contributed by atoms with Crippen LogP contribution in [-0.2, 0) is 12.5 Å². The van der Waals surface area contributed by atoms with E-state index in [1.165, 1.54) is 0 Å². The second-order valence-electron chi connectivity index (χ2n) is 3.56. The van der Waals surface area contributed by atoms with Crippen LogP contribution in [0.5, 0.6) is 17.2 Å². The van der Waals surface area contributed by atoms with Gasteiger partial charge in [-0.15, -0.1) is 21.8 Å². The molecule has 0 aliphatic rings. The topological polar surface area (TPSA) is 66.6 Å². The van der Waals surface area contributed by atoms with Crippen LogP contribution < -0.4 is 14.2 Å². The SMILES string of the molecule is COc1cc(OC)cc(OCc2nnc(CCl)o2)c1. The Labute approximate surface area is 115 Å². The van der Waals surface area contributed by atoms with Crippen molar-refractivity contribution in [2.75, 3.05) is 14.2 Å². The number of aromatic nitrogens is 2. The smallest absolute Gasteiger partial charge is 0.253 e. The van der Waals surface area contributed by atoms with Crippen LogP contribution in [0.3, 0.4) is 0 Å². The first-order chi connectivity index (χ1) is 9.25. The number of rotatable bonds is 6. The molecule has 0 radical (unpaired) electrons. The number of ether oxygens (including phenoxy) is 3. The molecule has 0 saturated carbocycles. The third kappa shape index (κ3) is 3.51. The van der Waals surface area contributed by atoms with Crippen molar-refractivity contribution in [3.05, 3.63) is 30.0 Å². The highest BCUT2D eigenvalue weighted by molar-refractivity contribution is 6.16. The quantitative estimate of drug-likeness (QED) is 0.759. The predicted molar refractivity (Wildman–Crippen MR) is 67.7 cm³/mol. The van der Waals surface area contributed by atoms with Gasteiger partial charge in [0, 0.05) is 18.2 Å². The van der Waals surface area contributed by atoms with Gasteiger partial charge in [-0.2, -0.15) is 0 Å². The first-order valence-electron chi connectivity index (χ1n) is 5.48. The van der Waals surface area contributed by atoms with Crippen LogP contribution in [0.25, 0.3) is 0 Å². The normalized spacial score (nSPS) is 10.3. The van der Waals surface area contributed by atoms with E-state index in [-0.39, 0.29) is 12.5 Å². The largest absolute Gasteiger partial charge is 0.496 e. The third-order valence-electron chi connectivity index (χ3n) is 2.31. The number of alkyl halides is 1. The van der Waals surface area contributed by atoms with Crippen LogP contribution in [0.15, 0.2) is 22.6 Å². The second kappa shape index (κ2) is 6.29. The summed E-state index contributed by atoms with van der Waals surface area (Å²) in [7, 11) is 3.15. The highest BCUT2D eigenvalue weighted by atomic mass is 35.5. The fourth-order valence-corrected chi connectivity index (χ4v) is 1.52. The fraction of sp³-hybridized carbons (Fsp3) is 0.333. The molecule has 0 saturated heterocycles. The van der Waals surface area contributed by atoms with Gasteiger partial charge in [0.2, 0.25) is 5.89 Å². The number of halogens is 1. The zero-order valence-electron chi connectivity index (χ0n) is 10.6. The Morgan fingerprint density at radius 3 is 2.11 bits per heavy atom. The summed E-state index contributed by atoms with van der Waals surface area (Å²) in [4.78, 5) is 0. The molecule has 2 aromatic rings. The van der Waals surface area contributed by atoms with Crippen LogP contribution in [0, 0.1) is 0 Å². The van der Waals surface area contributed by atoms with Crippen LogP contribution in [0.4, 0.5) is 0 Å². The molecular formula is C12H13ClN2O4. The van der Waals surface area contributed by atoms with Gasteiger partial charge in [-0.1, -0.05) is 0 Å². The zero-order valence-corrected chi connectivity index (χ0v) is 11.3. The highest BCUT2D eigenvalue weighted by Gasteiger charge is 2.07. The Bertz CT molecular complexity index is 522. The number of hydrogen-bond donors (Lipinski definition) is 0. The molecule has 0 atom stereocenters. The second-order valence-corrected chi connectivity index (χ2v) is 3.83. The van der Waals surface area contributed by atoms with Gasteiger partial charge in [-0.3, -0.25) is 0 Å². The van der Waals surface area contributed by atoms with Crippen molar-refractivity contribution in [3.63, 3.8) is 0 Å². The van der Waals surface area contributed by atoms with Crippen molar-refractivity contribution in [2.45, 2.75) is 12.5 Å². The van der Waals surface area contributed by atoms with Gasteiger partial charge in [0.25, 0.3) is 5.89 Å². The Hall–Kier alpha value is -1.95. The molecule has 0 aliphatic heterocycles. The van der Waals surface area contributed by atoms with E-state index in [9.17, 15) is 0 Å². The van der Waals surface area contributed by atoms with Gasteiger partial charge in [0.15, 0.2) is 6.61 Å². The minimum absolute atomic E-state index is 0.153. The lowest BCUT2D eigenvalue weighted by Gasteiger charge is -2.08. The molecular weight excluding hydrogens is 272 g/mol. The maximum absolute atomic E-state index is 5.57. The number of methoxy groups -OCH3 is 2. The molecule has 1 aromatic heterocycles. The Balaban J connectivity index is 2.05. The maximum Gasteiger partial charge on any atom is 0.253 e. The molecule has 0 spiro atoms. The molecule has 2 rings (SSSR count). The van der Waals surface area contributed by atoms with Crippen LogP contribution in [0.2, 0.25) is 0 Å². The van der Waals surface area contributed by atoms with Crippen molar-refractivity contribution in [3.8, 4) is 17.2 Å². The molecule has 0 bridgehead atoms. The molecule has 6 nitrogen and oxygen atoms in total. The molecule has 0 N–H and O–H groups in total. The van der Waals surface area contributed by atoms with Crippen molar-refractivity contribution in [1.82, 2.24) is 10.2 Å². The standard InChI is InChI=1S/C12H13ClN2O4/c1-16-8-3-9(17-2)5-10(4-8)18-7-12-15-14-11(6-13)19-12/h3-5H,6-7H2,1-2H3. The van der Waals surface area contributed by atoms with Crippen LogP contribution >= 0.6 is 11.6 Å². The Morgan fingerprint density at radius 2 is 1.58 bits per heavy atom. The van der Waals surface area contributed by atoms with Crippen molar-refractivity contribution < 1.29 is 18.6 Å². The van der Waals surface area contributed by atoms with E-state index in [2.05, 4.69) is 10.2 Å². The summed E-state index contributed by atoms with van der Waals surface area (Å²) in [6.07, 6.45) is 0. The lowest BCUT2D eigenvalue weighted by molar-refractivity contribution is 0.257. The molecule has 102 valence electrons. The van der Waals surface area contributed by atoms with E-state index in [0.29, 0.717) is 29.0 Å². The van der Waals surface area contributed by atoms with E-state index >= 15 is 0 Å². The molecule has 0 amide bonds. The highest BCUT2D eigenvalue weighted by Crippen LogP contribution is 2.27. The monoisotopic (exact) mass is 284 g/mol. The lowest BCUT2D eigenvalue weighted by atomic mass is 10.3. The molecule has 1 aromatic carbocycles. The fourth-order valence-electron chi connectivity index (χ4n) is 1.41. The summed E-state index contributed by atoms with van der Waals surface area (Å²) >= 11 is 5.57. The molecule has 7 heteroatoms. The van der Waals surface area contributed by atoms with E-state index in [4.69, 9.17) is 30.2 Å². The number of benzene rings is 1. The van der Waals surface area contributed by atoms with Gasteiger partial charge in [0.05, 0.1) is 14.2 Å². The van der Waals surface area contributed by atoms with Gasteiger partial charge >= 0.3 is 0 Å². The Morgan fingerprint density at radius 1 is 1.00 bits per heavy atom. The Kier molecular flexibility index (Phi) is 4.46. The molecule has 0 fully saturated rings. The van der Waals surface area contributed by atoms with E-state index < -0.39 is 0 Å². The first-order valence-corrected chi connectivity index (χ1v) is 6.01. The maximum atomic E-state index is 5.57. The number of nitrogens with zero attached hydrogens (tertiary/aromatic N) is 2. The van der Waals surface area contributed by atoms with Gasteiger partial charge in [-0.25, -0.2) is 0 Å². The van der Waals surface area contributed by atoms with Gasteiger partial charge in [0.1, 0.15) is 23.1 Å². The van der Waals surface area contributed by atoms with E-state index in [1.807, 2.05) is 0 Å². The van der Waals surface area contributed by atoms with Gasteiger partial charge < -0.3 is 18.6 Å². The van der Waals surface area contributed by atoms with Crippen molar-refractivity contribution in [2.24, 2.45) is 0 Å². The van der Waals surface area contributed by atoms with Crippen molar-refractivity contribution in [1.29, 1.82) is 0 Å². The van der Waals surface area contributed by atoms with Crippen LogP contribution in [-0.4, -0.2) is 24.4 Å². The third-order valence-corrected chi connectivity index (χ3v) is 2.54. The first kappa shape index (κ1) is 13.5.